The number of carboxylic acid groups (broad SMARTS) is 1. The molecule has 0 bridgehead atoms. The number of aromatic nitrogens is 2. The third-order valence-corrected chi connectivity index (χ3v) is 12.0. The maximum atomic E-state index is 13.0. The van der Waals surface area contributed by atoms with Crippen molar-refractivity contribution in [1.29, 1.82) is 0 Å². The lowest BCUT2D eigenvalue weighted by atomic mass is 9.95. The number of para-hydroxylation sites is 1. The van der Waals surface area contributed by atoms with E-state index in [0.717, 1.165) is 51.8 Å². The summed E-state index contributed by atoms with van der Waals surface area (Å²) < 4.78 is 59.4. The van der Waals surface area contributed by atoms with E-state index in [1.807, 2.05) is 4.90 Å². The van der Waals surface area contributed by atoms with Crippen LogP contribution < -0.4 is 25.0 Å². The second kappa shape index (κ2) is 17.5. The normalized spacial score (nSPS) is 16.3. The number of sulfone groups is 1. The standard InChI is InChI=1S/C33H45ClN8O7S2.ClH/c1-22(2)51(47,48)30-8-6-5-7-25(30)36-32-24(34)19-35-33(38-32)37-27-17-26(39-50(4,45)46)28(18-29(27)49-3)42-11-9-23(10-12-42)20-40-13-15-41(16-14-40)21-31(43)44;/h5-8,17-19,22-23,39H,9-16,20-21H2,1-4H3,(H,43,44)(H2,35,36,37,38);1H. The molecule has 0 spiro atoms. The first-order valence-electron chi connectivity index (χ1n) is 16.6. The molecule has 3 aromatic rings. The van der Waals surface area contributed by atoms with E-state index in [0.29, 0.717) is 47.5 Å². The molecule has 5 rings (SSSR count). The Kier molecular flexibility index (Phi) is 13.8. The largest absolute Gasteiger partial charge is 0.494 e. The molecule has 0 unspecified atom stereocenters. The maximum absolute atomic E-state index is 13.0. The summed E-state index contributed by atoms with van der Waals surface area (Å²) in [5.74, 6) is 0.347. The Bertz CT molecular complexity index is 1940. The fourth-order valence-corrected chi connectivity index (χ4v) is 8.16. The van der Waals surface area contributed by atoms with Crippen molar-refractivity contribution in [2.45, 2.75) is 36.8 Å². The van der Waals surface area contributed by atoms with E-state index >= 15 is 0 Å². The number of hydrogen-bond acceptors (Lipinski definition) is 13. The van der Waals surface area contributed by atoms with Crippen LogP contribution in [0.1, 0.15) is 26.7 Å². The Balaban J connectivity index is 0.00000605. The van der Waals surface area contributed by atoms with Crippen molar-refractivity contribution in [2.24, 2.45) is 5.92 Å². The van der Waals surface area contributed by atoms with Crippen LogP contribution in [0.15, 0.2) is 47.5 Å². The number of hydrogen-bond donors (Lipinski definition) is 4. The minimum Gasteiger partial charge on any atom is -0.494 e. The number of piperazine rings is 1. The van der Waals surface area contributed by atoms with Crippen molar-refractivity contribution in [3.8, 4) is 5.75 Å². The second-order valence-corrected chi connectivity index (χ2v) is 17.7. The summed E-state index contributed by atoms with van der Waals surface area (Å²) >= 11 is 6.43. The van der Waals surface area contributed by atoms with Gasteiger partial charge in [0.25, 0.3) is 0 Å². The van der Waals surface area contributed by atoms with Gasteiger partial charge in [0.15, 0.2) is 15.7 Å². The number of ether oxygens (including phenoxy) is 1. The SMILES string of the molecule is COc1cc(N2CCC(CN3CCN(CC(=O)O)CC3)CC2)c(NS(C)(=O)=O)cc1Nc1ncc(Cl)c(Nc2ccccc2S(=O)(=O)C(C)C)n1.Cl. The van der Waals surface area contributed by atoms with Crippen LogP contribution in [0.3, 0.4) is 0 Å². The molecule has 2 aromatic carbocycles. The molecule has 0 radical (unpaired) electrons. The molecule has 0 atom stereocenters. The summed E-state index contributed by atoms with van der Waals surface area (Å²) in [6.07, 6.45) is 4.28. The predicted molar refractivity (Wildman–Crippen MR) is 207 cm³/mol. The van der Waals surface area contributed by atoms with E-state index in [4.69, 9.17) is 21.4 Å². The summed E-state index contributed by atoms with van der Waals surface area (Å²) in [7, 11) is -5.77. The van der Waals surface area contributed by atoms with Gasteiger partial charge < -0.3 is 30.3 Å². The number of nitrogens with zero attached hydrogens (tertiary/aromatic N) is 5. The third kappa shape index (κ3) is 10.5. The lowest BCUT2D eigenvalue weighted by Crippen LogP contribution is -2.49. The maximum Gasteiger partial charge on any atom is 0.317 e. The summed E-state index contributed by atoms with van der Waals surface area (Å²) in [6.45, 7) is 8.79. The molecule has 2 saturated heterocycles. The highest BCUT2D eigenvalue weighted by Crippen LogP contribution is 2.40. The number of sulfonamides is 1. The lowest BCUT2D eigenvalue weighted by Gasteiger charge is -2.39. The summed E-state index contributed by atoms with van der Waals surface area (Å²) in [5.41, 5.74) is 1.72. The summed E-state index contributed by atoms with van der Waals surface area (Å²) in [4.78, 5) is 26.4. The fourth-order valence-electron chi connectivity index (χ4n) is 6.26. The molecular weight excluding hydrogens is 755 g/mol. The zero-order chi connectivity index (χ0) is 36.9. The summed E-state index contributed by atoms with van der Waals surface area (Å²) in [6, 6.07) is 9.90. The molecule has 286 valence electrons. The van der Waals surface area contributed by atoms with Crippen molar-refractivity contribution < 1.29 is 31.5 Å². The molecule has 0 amide bonds. The van der Waals surface area contributed by atoms with Crippen molar-refractivity contribution in [1.82, 2.24) is 19.8 Å². The topological polar surface area (TPSA) is 186 Å². The van der Waals surface area contributed by atoms with Gasteiger partial charge in [0.1, 0.15) is 10.8 Å². The molecule has 0 saturated carbocycles. The first-order chi connectivity index (χ1) is 24.1. The van der Waals surface area contributed by atoms with E-state index in [1.165, 1.54) is 19.4 Å². The minimum atomic E-state index is -3.66. The number of benzene rings is 2. The quantitative estimate of drug-likeness (QED) is 0.178. The van der Waals surface area contributed by atoms with Crippen LogP contribution in [-0.2, 0) is 24.7 Å². The Hall–Kier alpha value is -3.61. The molecule has 52 heavy (non-hydrogen) atoms. The van der Waals surface area contributed by atoms with Gasteiger partial charge in [-0.25, -0.2) is 21.8 Å². The zero-order valence-corrected chi connectivity index (χ0v) is 32.7. The third-order valence-electron chi connectivity index (χ3n) is 8.97. The number of anilines is 6. The van der Waals surface area contributed by atoms with Gasteiger partial charge in [0.2, 0.25) is 16.0 Å². The van der Waals surface area contributed by atoms with Gasteiger partial charge >= 0.3 is 5.97 Å². The molecule has 2 aliphatic heterocycles. The predicted octanol–water partition coefficient (Wildman–Crippen LogP) is 4.52. The highest BCUT2D eigenvalue weighted by molar-refractivity contribution is 7.92. The fraction of sp³-hybridized carbons (Fsp3) is 0.485. The average molecular weight is 802 g/mol. The van der Waals surface area contributed by atoms with Crippen LogP contribution in [0, 0.1) is 5.92 Å². The number of carboxylic acids is 1. The number of aliphatic carboxylic acids is 1. The monoisotopic (exact) mass is 800 g/mol. The van der Waals surface area contributed by atoms with Gasteiger partial charge in [-0.3, -0.25) is 14.4 Å². The molecule has 0 aliphatic carbocycles. The number of methoxy groups -OCH3 is 1. The molecular formula is C33H46Cl2N8O7S2. The molecule has 2 fully saturated rings. The highest BCUT2D eigenvalue weighted by atomic mass is 35.5. The van der Waals surface area contributed by atoms with Gasteiger partial charge in [0.05, 0.1) is 59.0 Å². The number of halogens is 2. The van der Waals surface area contributed by atoms with E-state index in [9.17, 15) is 21.6 Å². The molecule has 4 N–H and O–H groups in total. The van der Waals surface area contributed by atoms with Crippen molar-refractivity contribution >= 4 is 84.4 Å². The van der Waals surface area contributed by atoms with Gasteiger partial charge in [-0.15, -0.1) is 12.4 Å². The Morgan fingerprint density at radius 1 is 0.981 bits per heavy atom. The van der Waals surface area contributed by atoms with Crippen molar-refractivity contribution in [2.75, 3.05) is 86.0 Å². The lowest BCUT2D eigenvalue weighted by molar-refractivity contribution is -0.138. The van der Waals surface area contributed by atoms with E-state index in [2.05, 4.69) is 35.1 Å². The number of piperidine rings is 1. The van der Waals surface area contributed by atoms with Crippen LogP contribution in [0.2, 0.25) is 5.02 Å². The highest BCUT2D eigenvalue weighted by Gasteiger charge is 2.28. The Morgan fingerprint density at radius 3 is 2.25 bits per heavy atom. The van der Waals surface area contributed by atoms with Crippen LogP contribution in [0.4, 0.5) is 34.5 Å². The first-order valence-corrected chi connectivity index (χ1v) is 20.4. The van der Waals surface area contributed by atoms with Crippen LogP contribution in [-0.4, -0.2) is 119 Å². The molecule has 1 aromatic heterocycles. The Labute approximate surface area is 316 Å². The van der Waals surface area contributed by atoms with Gasteiger partial charge in [-0.2, -0.15) is 4.98 Å². The number of carbonyl (C=O) groups is 1. The molecule has 15 nitrogen and oxygen atoms in total. The van der Waals surface area contributed by atoms with Gasteiger partial charge in [-0.05, 0) is 50.8 Å². The van der Waals surface area contributed by atoms with Gasteiger partial charge in [0, 0.05) is 51.9 Å². The van der Waals surface area contributed by atoms with Gasteiger partial charge in [-0.1, -0.05) is 23.7 Å². The molecule has 2 aliphatic rings. The van der Waals surface area contributed by atoms with Crippen LogP contribution in [0.5, 0.6) is 5.75 Å². The number of nitrogens with one attached hydrogen (secondary N) is 3. The molecule has 3 heterocycles. The minimum absolute atomic E-state index is 0. The molecule has 19 heteroatoms. The summed E-state index contributed by atoms with van der Waals surface area (Å²) in [5, 5.41) is 14.7. The zero-order valence-electron chi connectivity index (χ0n) is 29.5. The van der Waals surface area contributed by atoms with Crippen LogP contribution in [0.25, 0.3) is 0 Å². The smallest absolute Gasteiger partial charge is 0.317 e. The van der Waals surface area contributed by atoms with E-state index < -0.39 is 31.1 Å². The van der Waals surface area contributed by atoms with E-state index in [1.54, 1.807) is 44.2 Å². The van der Waals surface area contributed by atoms with Crippen molar-refractivity contribution in [3.63, 3.8) is 0 Å². The Morgan fingerprint density at radius 2 is 1.63 bits per heavy atom. The second-order valence-electron chi connectivity index (χ2n) is 13.1. The van der Waals surface area contributed by atoms with Crippen LogP contribution >= 0.6 is 24.0 Å². The first kappa shape index (κ1) is 41.2. The van der Waals surface area contributed by atoms with Crippen molar-refractivity contribution in [3.05, 3.63) is 47.6 Å². The average Bonchev–Trinajstić information content (AvgIpc) is 3.07. The number of rotatable bonds is 14. The van der Waals surface area contributed by atoms with E-state index in [-0.39, 0.29) is 40.6 Å².